The summed E-state index contributed by atoms with van der Waals surface area (Å²) in [5, 5.41) is 3.21. The number of amides is 1. The van der Waals surface area contributed by atoms with Crippen LogP contribution in [0, 0.1) is 17.8 Å². The molecule has 4 unspecified atom stereocenters. The number of carbonyl (C=O) groups excluding carboxylic acids is 1. The van der Waals surface area contributed by atoms with Gasteiger partial charge in [0.05, 0.1) is 11.7 Å². The lowest BCUT2D eigenvalue weighted by molar-refractivity contribution is -0.127. The predicted molar refractivity (Wildman–Crippen MR) is 81.1 cm³/mol. The van der Waals surface area contributed by atoms with Crippen LogP contribution in [0.1, 0.15) is 45.4 Å². The Bertz CT molecular complexity index is 505. The first-order valence-electron chi connectivity index (χ1n) is 8.27. The number of hydrogen-bond acceptors (Lipinski definition) is 3. The molecule has 3 rings (SSSR count). The first-order chi connectivity index (χ1) is 9.99. The van der Waals surface area contributed by atoms with Gasteiger partial charge >= 0.3 is 0 Å². The summed E-state index contributed by atoms with van der Waals surface area (Å²) in [4.78, 5) is 12.5. The summed E-state index contributed by atoms with van der Waals surface area (Å²) in [6.45, 7) is 2.59. The number of piperidine rings is 1. The third-order valence-corrected chi connectivity index (χ3v) is 7.43. The van der Waals surface area contributed by atoms with Crippen molar-refractivity contribution in [2.45, 2.75) is 51.5 Å². The van der Waals surface area contributed by atoms with Crippen LogP contribution in [0.3, 0.4) is 0 Å². The maximum Gasteiger partial charge on any atom is 0.224 e. The molecule has 1 heterocycles. The minimum atomic E-state index is -3.17. The molecule has 1 N–H and O–H groups in total. The van der Waals surface area contributed by atoms with Gasteiger partial charge in [0.25, 0.3) is 0 Å². The maximum atomic E-state index is 12.5. The zero-order chi connectivity index (χ0) is 15.0. The molecule has 2 bridgehead atoms. The lowest BCUT2D eigenvalue weighted by Gasteiger charge is -2.32. The minimum absolute atomic E-state index is 0.0727. The largest absolute Gasteiger partial charge is 0.353 e. The molecule has 3 aliphatic rings. The third kappa shape index (κ3) is 3.11. The fourth-order valence-electron chi connectivity index (χ4n) is 4.31. The standard InChI is InChI=1S/C15H26N2O3S/c1-2-21(19,20)17-7-3-4-13(10-17)15(18)16-14-9-11-5-6-12(14)8-11/h11-14H,2-10H2,1H3,(H,16,18). The number of nitrogens with zero attached hydrogens (tertiary/aromatic N) is 1. The molecule has 0 aromatic rings. The number of fused-ring (bicyclic) bond motifs is 2. The Hall–Kier alpha value is -0.620. The summed E-state index contributed by atoms with van der Waals surface area (Å²) < 4.78 is 25.4. The molecule has 21 heavy (non-hydrogen) atoms. The van der Waals surface area contributed by atoms with Gasteiger partial charge in [-0.05, 0) is 50.9 Å². The van der Waals surface area contributed by atoms with Crippen molar-refractivity contribution in [3.63, 3.8) is 0 Å². The van der Waals surface area contributed by atoms with Crippen molar-refractivity contribution in [3.05, 3.63) is 0 Å². The summed E-state index contributed by atoms with van der Waals surface area (Å²) in [6, 6.07) is 0.342. The van der Waals surface area contributed by atoms with Gasteiger partial charge in [-0.2, -0.15) is 0 Å². The molecule has 1 saturated heterocycles. The van der Waals surface area contributed by atoms with Gasteiger partial charge in [0.2, 0.25) is 15.9 Å². The first-order valence-corrected chi connectivity index (χ1v) is 9.88. The van der Waals surface area contributed by atoms with Crippen LogP contribution in [-0.4, -0.2) is 43.5 Å². The van der Waals surface area contributed by atoms with E-state index < -0.39 is 10.0 Å². The van der Waals surface area contributed by atoms with Gasteiger partial charge in [-0.1, -0.05) is 6.42 Å². The van der Waals surface area contributed by atoms with Gasteiger partial charge in [0.15, 0.2) is 0 Å². The van der Waals surface area contributed by atoms with E-state index in [-0.39, 0.29) is 17.6 Å². The number of carbonyl (C=O) groups is 1. The van der Waals surface area contributed by atoms with E-state index in [1.165, 1.54) is 23.6 Å². The summed E-state index contributed by atoms with van der Waals surface area (Å²) in [5.41, 5.74) is 0. The van der Waals surface area contributed by atoms with Crippen LogP contribution in [0.15, 0.2) is 0 Å². The van der Waals surface area contributed by atoms with E-state index in [4.69, 9.17) is 0 Å². The molecule has 3 fully saturated rings. The van der Waals surface area contributed by atoms with Crippen LogP contribution < -0.4 is 5.32 Å². The highest BCUT2D eigenvalue weighted by Gasteiger charge is 2.41. The number of sulfonamides is 1. The molecule has 1 aliphatic heterocycles. The number of nitrogens with one attached hydrogen (secondary N) is 1. The molecule has 4 atom stereocenters. The van der Waals surface area contributed by atoms with Gasteiger partial charge < -0.3 is 5.32 Å². The van der Waals surface area contributed by atoms with Crippen molar-refractivity contribution in [2.24, 2.45) is 17.8 Å². The van der Waals surface area contributed by atoms with Crippen LogP contribution in [-0.2, 0) is 14.8 Å². The topological polar surface area (TPSA) is 66.5 Å². The third-order valence-electron chi connectivity index (χ3n) is 5.58. The van der Waals surface area contributed by atoms with Crippen LogP contribution in [0.2, 0.25) is 0 Å². The monoisotopic (exact) mass is 314 g/mol. The summed E-state index contributed by atoms with van der Waals surface area (Å²) >= 11 is 0. The van der Waals surface area contributed by atoms with Crippen molar-refractivity contribution in [1.82, 2.24) is 9.62 Å². The predicted octanol–water partition coefficient (Wildman–Crippen LogP) is 1.35. The molecular formula is C15H26N2O3S. The second kappa shape index (κ2) is 5.88. The lowest BCUT2D eigenvalue weighted by atomic mass is 9.93. The SMILES string of the molecule is CCS(=O)(=O)N1CCCC(C(=O)NC2CC3CCC2C3)C1. The first kappa shape index (κ1) is 15.3. The Labute approximate surface area is 127 Å². The molecule has 0 radical (unpaired) electrons. The zero-order valence-electron chi connectivity index (χ0n) is 12.8. The van der Waals surface area contributed by atoms with Crippen LogP contribution in [0.4, 0.5) is 0 Å². The molecule has 1 amide bonds. The van der Waals surface area contributed by atoms with Gasteiger partial charge in [-0.25, -0.2) is 12.7 Å². The molecular weight excluding hydrogens is 288 g/mol. The van der Waals surface area contributed by atoms with Crippen molar-refractivity contribution in [2.75, 3.05) is 18.8 Å². The Balaban J connectivity index is 1.57. The maximum absolute atomic E-state index is 12.5. The van der Waals surface area contributed by atoms with Crippen LogP contribution in [0.25, 0.3) is 0 Å². The van der Waals surface area contributed by atoms with E-state index in [1.54, 1.807) is 6.92 Å². The highest BCUT2D eigenvalue weighted by atomic mass is 32.2. The van der Waals surface area contributed by atoms with Crippen molar-refractivity contribution in [1.29, 1.82) is 0 Å². The molecule has 5 nitrogen and oxygen atoms in total. The molecule has 120 valence electrons. The minimum Gasteiger partial charge on any atom is -0.353 e. The normalized spacial score (nSPS) is 36.8. The molecule has 2 saturated carbocycles. The van der Waals surface area contributed by atoms with E-state index in [0.29, 0.717) is 25.0 Å². The molecule has 0 aromatic carbocycles. The van der Waals surface area contributed by atoms with Crippen molar-refractivity contribution in [3.8, 4) is 0 Å². The van der Waals surface area contributed by atoms with Crippen LogP contribution >= 0.6 is 0 Å². The molecule has 6 heteroatoms. The van der Waals surface area contributed by atoms with E-state index in [1.807, 2.05) is 0 Å². The van der Waals surface area contributed by atoms with Crippen LogP contribution in [0.5, 0.6) is 0 Å². The summed E-state index contributed by atoms with van der Waals surface area (Å²) in [6.07, 6.45) is 6.56. The van der Waals surface area contributed by atoms with Gasteiger partial charge in [-0.3, -0.25) is 4.79 Å². The highest BCUT2D eigenvalue weighted by Crippen LogP contribution is 2.44. The Morgan fingerprint density at radius 2 is 2.05 bits per heavy atom. The highest BCUT2D eigenvalue weighted by molar-refractivity contribution is 7.89. The second-order valence-electron chi connectivity index (χ2n) is 6.89. The van der Waals surface area contributed by atoms with E-state index in [0.717, 1.165) is 25.2 Å². The van der Waals surface area contributed by atoms with E-state index in [2.05, 4.69) is 5.32 Å². The van der Waals surface area contributed by atoms with Gasteiger partial charge in [0.1, 0.15) is 0 Å². The fraction of sp³-hybridized carbons (Fsp3) is 0.933. The molecule has 0 spiro atoms. The van der Waals surface area contributed by atoms with Gasteiger partial charge in [0, 0.05) is 19.1 Å². The lowest BCUT2D eigenvalue weighted by Crippen LogP contribution is -2.48. The Morgan fingerprint density at radius 1 is 1.24 bits per heavy atom. The summed E-state index contributed by atoms with van der Waals surface area (Å²) in [7, 11) is -3.17. The average Bonchev–Trinajstić information content (AvgIpc) is 3.10. The smallest absolute Gasteiger partial charge is 0.224 e. The van der Waals surface area contributed by atoms with E-state index >= 15 is 0 Å². The van der Waals surface area contributed by atoms with E-state index in [9.17, 15) is 13.2 Å². The quantitative estimate of drug-likeness (QED) is 0.852. The zero-order valence-corrected chi connectivity index (χ0v) is 13.6. The Morgan fingerprint density at radius 3 is 2.67 bits per heavy atom. The Kier molecular flexibility index (Phi) is 4.28. The summed E-state index contributed by atoms with van der Waals surface area (Å²) in [5.74, 6) is 1.50. The molecule has 2 aliphatic carbocycles. The number of hydrogen-bond donors (Lipinski definition) is 1. The number of rotatable bonds is 4. The average molecular weight is 314 g/mol. The van der Waals surface area contributed by atoms with Gasteiger partial charge in [-0.15, -0.1) is 0 Å². The second-order valence-corrected chi connectivity index (χ2v) is 9.15. The molecule has 0 aromatic heterocycles. The van der Waals surface area contributed by atoms with Crippen molar-refractivity contribution >= 4 is 15.9 Å². The fourth-order valence-corrected chi connectivity index (χ4v) is 5.49. The van der Waals surface area contributed by atoms with Crippen molar-refractivity contribution < 1.29 is 13.2 Å².